The van der Waals surface area contributed by atoms with E-state index in [1.807, 2.05) is 25.4 Å². The first-order valence-electron chi connectivity index (χ1n) is 13.3. The quantitative estimate of drug-likeness (QED) is 0.280. The molecule has 0 saturated heterocycles. The summed E-state index contributed by atoms with van der Waals surface area (Å²) in [5.41, 5.74) is 6.47. The van der Waals surface area contributed by atoms with E-state index in [-0.39, 0.29) is 11.9 Å². The molecular formula is C28H30FN9. The summed E-state index contributed by atoms with van der Waals surface area (Å²) in [6, 6.07) is 9.40. The zero-order chi connectivity index (χ0) is 26.0. The van der Waals surface area contributed by atoms with Gasteiger partial charge >= 0.3 is 0 Å². The van der Waals surface area contributed by atoms with Crippen LogP contribution < -0.4 is 5.32 Å². The Hall–Kier alpha value is -4.05. The Balaban J connectivity index is 1.17. The van der Waals surface area contributed by atoms with Crippen molar-refractivity contribution < 1.29 is 4.39 Å². The van der Waals surface area contributed by atoms with Crippen molar-refractivity contribution in [2.45, 2.75) is 45.1 Å². The third-order valence-corrected chi connectivity index (χ3v) is 7.95. The average molecular weight is 512 g/mol. The van der Waals surface area contributed by atoms with Gasteiger partial charge in [-0.05, 0) is 62.1 Å². The Labute approximate surface area is 219 Å². The monoisotopic (exact) mass is 511 g/mol. The highest BCUT2D eigenvalue weighted by atomic mass is 19.1. The minimum Gasteiger partial charge on any atom is -0.341 e. The number of halogens is 1. The number of aryl methyl sites for hydroxylation is 1. The smallest absolute Gasteiger partial charge is 0.225 e. The minimum atomic E-state index is -0.350. The molecule has 2 aliphatic rings. The van der Waals surface area contributed by atoms with E-state index in [0.29, 0.717) is 34.6 Å². The Morgan fingerprint density at radius 3 is 2.82 bits per heavy atom. The molecule has 0 radical (unpaired) electrons. The van der Waals surface area contributed by atoms with Crippen LogP contribution in [0.4, 0.5) is 16.0 Å². The number of likely N-dealkylation sites (N-methyl/N-ethyl adjacent to an activating group) is 1. The molecule has 9 nitrogen and oxygen atoms in total. The van der Waals surface area contributed by atoms with E-state index >= 15 is 4.39 Å². The van der Waals surface area contributed by atoms with Crippen molar-refractivity contribution in [2.24, 2.45) is 7.05 Å². The lowest BCUT2D eigenvalue weighted by Gasteiger charge is -2.31. The van der Waals surface area contributed by atoms with Crippen LogP contribution in [0.5, 0.6) is 0 Å². The van der Waals surface area contributed by atoms with E-state index in [9.17, 15) is 0 Å². The van der Waals surface area contributed by atoms with E-state index in [1.54, 1.807) is 10.7 Å². The van der Waals surface area contributed by atoms with Crippen LogP contribution in [0.3, 0.4) is 0 Å². The Kier molecular flexibility index (Phi) is 5.33. The van der Waals surface area contributed by atoms with Gasteiger partial charge in [-0.15, -0.1) is 5.10 Å². The number of nitrogens with one attached hydrogen (secondary N) is 3. The first-order chi connectivity index (χ1) is 18.5. The van der Waals surface area contributed by atoms with Crippen molar-refractivity contribution in [2.75, 3.05) is 18.4 Å². The Morgan fingerprint density at radius 2 is 2.03 bits per heavy atom. The molecule has 4 heterocycles. The average Bonchev–Trinajstić information content (AvgIpc) is 3.29. The maximum Gasteiger partial charge on any atom is 0.225 e. The number of hydrogen-bond acceptors (Lipinski definition) is 6. The second-order valence-corrected chi connectivity index (χ2v) is 10.3. The third kappa shape index (κ3) is 3.78. The van der Waals surface area contributed by atoms with Gasteiger partial charge in [0.05, 0.1) is 29.0 Å². The van der Waals surface area contributed by atoms with Crippen LogP contribution in [0.15, 0.2) is 36.5 Å². The molecule has 7 rings (SSSR count). The molecule has 3 N–H and O–H groups in total. The predicted molar refractivity (Wildman–Crippen MR) is 145 cm³/mol. The van der Waals surface area contributed by atoms with Gasteiger partial charge in [-0.3, -0.25) is 10.00 Å². The summed E-state index contributed by atoms with van der Waals surface area (Å²) >= 11 is 0. The van der Waals surface area contributed by atoms with Crippen LogP contribution in [-0.2, 0) is 13.5 Å². The standard InChI is InChI=1S/C28H30FN9/c1-4-38-12-11-23-25(15(38)2)33-27(31-23)18-8-7-17(13-20(18)29)26-34-28(37(3)36-26)32-22-10-9-21-19(14-30-35-21)24(22)16-5-6-16/h7-10,13-16H,4-6,11-12H2,1-3H3,(H,30,35)(H,31,33)(H,32,34,36). The summed E-state index contributed by atoms with van der Waals surface area (Å²) in [7, 11) is 1.84. The Bertz CT molecular complexity index is 1660. The van der Waals surface area contributed by atoms with Gasteiger partial charge in [-0.25, -0.2) is 14.1 Å². The summed E-state index contributed by atoms with van der Waals surface area (Å²) in [6.07, 6.45) is 5.12. The highest BCUT2D eigenvalue weighted by molar-refractivity contribution is 5.89. The van der Waals surface area contributed by atoms with Gasteiger partial charge in [0.25, 0.3) is 0 Å². The number of imidazole rings is 1. The van der Waals surface area contributed by atoms with Crippen molar-refractivity contribution in [3.8, 4) is 22.8 Å². The van der Waals surface area contributed by atoms with Crippen molar-refractivity contribution >= 4 is 22.5 Å². The number of benzene rings is 2. The molecule has 1 saturated carbocycles. The molecule has 1 aliphatic carbocycles. The fourth-order valence-corrected chi connectivity index (χ4v) is 5.68. The van der Waals surface area contributed by atoms with E-state index < -0.39 is 0 Å². The lowest BCUT2D eigenvalue weighted by molar-refractivity contribution is 0.205. The number of hydrogen-bond donors (Lipinski definition) is 3. The number of fused-ring (bicyclic) bond motifs is 2. The summed E-state index contributed by atoms with van der Waals surface area (Å²) in [6.45, 7) is 6.27. The molecule has 3 aromatic heterocycles. The molecule has 2 aromatic carbocycles. The van der Waals surface area contributed by atoms with Crippen LogP contribution >= 0.6 is 0 Å². The first-order valence-corrected chi connectivity index (χ1v) is 13.3. The summed E-state index contributed by atoms with van der Waals surface area (Å²) in [5, 5.41) is 16.4. The molecule has 10 heteroatoms. The maximum atomic E-state index is 15.4. The van der Waals surface area contributed by atoms with Crippen molar-refractivity contribution in [1.29, 1.82) is 0 Å². The number of rotatable bonds is 6. The number of anilines is 2. The third-order valence-electron chi connectivity index (χ3n) is 7.95. The van der Waals surface area contributed by atoms with Crippen LogP contribution in [0.2, 0.25) is 0 Å². The van der Waals surface area contributed by atoms with Gasteiger partial charge in [0.1, 0.15) is 11.6 Å². The zero-order valence-corrected chi connectivity index (χ0v) is 21.7. The fraction of sp³-hybridized carbons (Fsp3) is 0.357. The number of aromatic nitrogens is 7. The minimum absolute atomic E-state index is 0.217. The molecule has 1 aliphatic heterocycles. The molecule has 1 fully saturated rings. The summed E-state index contributed by atoms with van der Waals surface area (Å²) in [5.74, 6) is 1.80. The van der Waals surface area contributed by atoms with E-state index in [2.05, 4.69) is 50.4 Å². The number of H-pyrrole nitrogens is 2. The maximum absolute atomic E-state index is 15.4. The highest BCUT2D eigenvalue weighted by Gasteiger charge is 2.30. The highest BCUT2D eigenvalue weighted by Crippen LogP contribution is 2.47. The predicted octanol–water partition coefficient (Wildman–Crippen LogP) is 5.45. The van der Waals surface area contributed by atoms with Crippen molar-refractivity contribution in [3.05, 3.63) is 59.3 Å². The topological polar surface area (TPSA) is 103 Å². The molecule has 38 heavy (non-hydrogen) atoms. The normalized spacial score (nSPS) is 17.7. The van der Waals surface area contributed by atoms with Crippen molar-refractivity contribution in [1.82, 2.24) is 39.8 Å². The molecule has 0 bridgehead atoms. The molecule has 1 atom stereocenters. The van der Waals surface area contributed by atoms with E-state index in [1.165, 1.54) is 24.5 Å². The second kappa shape index (κ2) is 8.76. The van der Waals surface area contributed by atoms with Gasteiger partial charge in [-0.1, -0.05) is 13.0 Å². The molecule has 194 valence electrons. The van der Waals surface area contributed by atoms with Gasteiger partial charge in [-0.2, -0.15) is 10.1 Å². The molecular weight excluding hydrogens is 481 g/mol. The van der Waals surface area contributed by atoms with Gasteiger partial charge < -0.3 is 10.3 Å². The van der Waals surface area contributed by atoms with Crippen molar-refractivity contribution in [3.63, 3.8) is 0 Å². The van der Waals surface area contributed by atoms with Gasteiger partial charge in [0, 0.05) is 42.3 Å². The largest absolute Gasteiger partial charge is 0.341 e. The molecule has 1 unspecified atom stereocenters. The van der Waals surface area contributed by atoms with Gasteiger partial charge in [0.15, 0.2) is 5.82 Å². The van der Waals surface area contributed by atoms with Crippen LogP contribution in [0.25, 0.3) is 33.7 Å². The molecule has 5 aromatic rings. The fourth-order valence-electron chi connectivity index (χ4n) is 5.68. The van der Waals surface area contributed by atoms with Crippen LogP contribution in [-0.4, -0.2) is 52.9 Å². The van der Waals surface area contributed by atoms with E-state index in [0.717, 1.165) is 47.5 Å². The molecule has 0 amide bonds. The van der Waals surface area contributed by atoms with Crippen LogP contribution in [0, 0.1) is 5.82 Å². The summed E-state index contributed by atoms with van der Waals surface area (Å²) < 4.78 is 17.1. The molecule has 0 spiro atoms. The number of aromatic amines is 2. The van der Waals surface area contributed by atoms with E-state index in [4.69, 9.17) is 9.97 Å². The lowest BCUT2D eigenvalue weighted by atomic mass is 10.0. The second-order valence-electron chi connectivity index (χ2n) is 10.3. The first kappa shape index (κ1) is 23.1. The number of nitrogens with zero attached hydrogens (tertiary/aromatic N) is 6. The summed E-state index contributed by atoms with van der Waals surface area (Å²) in [4.78, 5) is 15.2. The lowest BCUT2D eigenvalue weighted by Crippen LogP contribution is -2.33. The SMILES string of the molecule is CCN1CCc2[nH]c(-c3ccc(-c4nc(Nc5ccc6[nH]ncc6c5C5CC5)n(C)n4)cc3F)nc2C1C. The Morgan fingerprint density at radius 1 is 1.16 bits per heavy atom. The van der Waals surface area contributed by atoms with Crippen LogP contribution in [0.1, 0.15) is 55.6 Å². The van der Waals surface area contributed by atoms with Gasteiger partial charge in [0.2, 0.25) is 5.95 Å². The zero-order valence-electron chi connectivity index (χ0n) is 21.7.